The molecule has 0 aromatic carbocycles. The largest absolute Gasteiger partial charge is 0.341 e. The van der Waals surface area contributed by atoms with Crippen LogP contribution in [0.4, 0.5) is 0 Å². The summed E-state index contributed by atoms with van der Waals surface area (Å²) in [6.45, 7) is 9.23. The third kappa shape index (κ3) is 3.69. The number of carbonyl (C=O) groups excluding carboxylic acids is 1. The maximum Gasteiger partial charge on any atom is 0.239 e. The van der Waals surface area contributed by atoms with Crippen molar-refractivity contribution in [2.75, 3.05) is 32.7 Å². The Morgan fingerprint density at radius 1 is 1.39 bits per heavy atom. The molecule has 0 radical (unpaired) electrons. The summed E-state index contributed by atoms with van der Waals surface area (Å²) < 4.78 is 0. The second kappa shape index (κ2) is 6.53. The molecular formula is C14H27N3O. The van der Waals surface area contributed by atoms with Crippen LogP contribution in [0.2, 0.25) is 0 Å². The molecule has 0 spiro atoms. The van der Waals surface area contributed by atoms with Crippen LogP contribution in [-0.4, -0.2) is 60.5 Å². The average molecular weight is 253 g/mol. The van der Waals surface area contributed by atoms with Gasteiger partial charge in [0.05, 0.1) is 6.04 Å². The molecule has 1 N–H and O–H groups in total. The molecule has 1 saturated heterocycles. The highest BCUT2D eigenvalue weighted by molar-refractivity contribution is 5.81. The van der Waals surface area contributed by atoms with Gasteiger partial charge in [0.2, 0.25) is 5.91 Å². The Morgan fingerprint density at radius 2 is 2.06 bits per heavy atom. The van der Waals surface area contributed by atoms with Gasteiger partial charge >= 0.3 is 0 Å². The Bertz CT molecular complexity index is 272. The van der Waals surface area contributed by atoms with Crippen molar-refractivity contribution in [3.05, 3.63) is 0 Å². The summed E-state index contributed by atoms with van der Waals surface area (Å²) in [6, 6.07) is 0.794. The van der Waals surface area contributed by atoms with Crippen molar-refractivity contribution in [1.82, 2.24) is 15.1 Å². The number of hydrogen-bond donors (Lipinski definition) is 1. The summed E-state index contributed by atoms with van der Waals surface area (Å²) in [4.78, 5) is 16.6. The van der Waals surface area contributed by atoms with E-state index in [2.05, 4.69) is 17.1 Å². The summed E-state index contributed by atoms with van der Waals surface area (Å²) in [5.74, 6) is 0.280. The Hall–Kier alpha value is -0.610. The quantitative estimate of drug-likeness (QED) is 0.737. The van der Waals surface area contributed by atoms with Crippen LogP contribution in [0.3, 0.4) is 0 Å². The van der Waals surface area contributed by atoms with Crippen molar-refractivity contribution in [2.24, 2.45) is 0 Å². The van der Waals surface area contributed by atoms with Crippen LogP contribution in [0.5, 0.6) is 0 Å². The van der Waals surface area contributed by atoms with E-state index in [1.165, 1.54) is 25.7 Å². The molecule has 1 unspecified atom stereocenters. The SMILES string of the molecule is CCN(CCNC(C)C(=O)N1CCCC1)C1CC1. The van der Waals surface area contributed by atoms with Gasteiger partial charge in [-0.15, -0.1) is 0 Å². The minimum Gasteiger partial charge on any atom is -0.341 e. The molecule has 0 aromatic heterocycles. The first kappa shape index (κ1) is 13.8. The number of amides is 1. The van der Waals surface area contributed by atoms with Crippen LogP contribution in [-0.2, 0) is 4.79 Å². The molecule has 2 aliphatic rings. The van der Waals surface area contributed by atoms with E-state index >= 15 is 0 Å². The summed E-state index contributed by atoms with van der Waals surface area (Å²) in [7, 11) is 0. The highest BCUT2D eigenvalue weighted by Crippen LogP contribution is 2.25. The first-order chi connectivity index (χ1) is 8.72. The molecule has 1 amide bonds. The fourth-order valence-electron chi connectivity index (χ4n) is 2.76. The molecule has 1 heterocycles. The van der Waals surface area contributed by atoms with Crippen molar-refractivity contribution in [3.8, 4) is 0 Å². The highest BCUT2D eigenvalue weighted by Gasteiger charge is 2.27. The lowest BCUT2D eigenvalue weighted by atomic mass is 10.3. The predicted octanol–water partition coefficient (Wildman–Crippen LogP) is 1.07. The minimum atomic E-state index is -0.0268. The molecule has 1 saturated carbocycles. The lowest BCUT2D eigenvalue weighted by Crippen LogP contribution is -2.46. The van der Waals surface area contributed by atoms with Gasteiger partial charge in [-0.3, -0.25) is 9.69 Å². The molecule has 18 heavy (non-hydrogen) atoms. The van der Waals surface area contributed by atoms with Crippen LogP contribution in [0.1, 0.15) is 39.5 Å². The molecule has 4 heteroatoms. The Morgan fingerprint density at radius 3 is 2.61 bits per heavy atom. The van der Waals surface area contributed by atoms with E-state index in [1.54, 1.807) is 0 Å². The summed E-state index contributed by atoms with van der Waals surface area (Å²) in [5.41, 5.74) is 0. The van der Waals surface area contributed by atoms with E-state index in [0.717, 1.165) is 38.8 Å². The molecular weight excluding hydrogens is 226 g/mol. The second-order valence-corrected chi connectivity index (χ2v) is 5.57. The van der Waals surface area contributed by atoms with Gasteiger partial charge in [0.15, 0.2) is 0 Å². The van der Waals surface area contributed by atoms with Gasteiger partial charge in [-0.05, 0) is 39.2 Å². The maximum atomic E-state index is 12.1. The molecule has 104 valence electrons. The maximum absolute atomic E-state index is 12.1. The summed E-state index contributed by atoms with van der Waals surface area (Å²) in [5, 5.41) is 3.37. The Balaban J connectivity index is 1.64. The minimum absolute atomic E-state index is 0.0268. The van der Waals surface area contributed by atoms with Gasteiger partial charge in [-0.25, -0.2) is 0 Å². The monoisotopic (exact) mass is 253 g/mol. The number of likely N-dealkylation sites (N-methyl/N-ethyl adjacent to an activating group) is 1. The van der Waals surface area contributed by atoms with Gasteiger partial charge in [0.25, 0.3) is 0 Å². The van der Waals surface area contributed by atoms with Gasteiger partial charge in [0, 0.05) is 32.2 Å². The zero-order valence-corrected chi connectivity index (χ0v) is 11.8. The molecule has 1 aliphatic carbocycles. The van der Waals surface area contributed by atoms with Gasteiger partial charge in [-0.1, -0.05) is 6.92 Å². The number of likely N-dealkylation sites (tertiary alicyclic amines) is 1. The van der Waals surface area contributed by atoms with Crippen LogP contribution >= 0.6 is 0 Å². The third-order valence-electron chi connectivity index (χ3n) is 4.11. The van der Waals surface area contributed by atoms with Crippen LogP contribution < -0.4 is 5.32 Å². The fourth-order valence-corrected chi connectivity index (χ4v) is 2.76. The van der Waals surface area contributed by atoms with Crippen molar-refractivity contribution in [3.63, 3.8) is 0 Å². The van der Waals surface area contributed by atoms with E-state index in [0.29, 0.717) is 0 Å². The average Bonchev–Trinajstić information content (AvgIpc) is 3.07. The summed E-state index contributed by atoms with van der Waals surface area (Å²) in [6.07, 6.45) is 5.06. The van der Waals surface area contributed by atoms with E-state index < -0.39 is 0 Å². The predicted molar refractivity (Wildman–Crippen MR) is 73.5 cm³/mol. The first-order valence-electron chi connectivity index (χ1n) is 7.48. The van der Waals surface area contributed by atoms with Crippen molar-refractivity contribution in [1.29, 1.82) is 0 Å². The summed E-state index contributed by atoms with van der Waals surface area (Å²) >= 11 is 0. The van der Waals surface area contributed by atoms with E-state index in [9.17, 15) is 4.79 Å². The van der Waals surface area contributed by atoms with E-state index in [-0.39, 0.29) is 11.9 Å². The van der Waals surface area contributed by atoms with Gasteiger partial charge < -0.3 is 10.2 Å². The number of nitrogens with zero attached hydrogens (tertiary/aromatic N) is 2. The van der Waals surface area contributed by atoms with E-state index in [1.807, 2.05) is 11.8 Å². The highest BCUT2D eigenvalue weighted by atomic mass is 16.2. The molecule has 2 fully saturated rings. The lowest BCUT2D eigenvalue weighted by molar-refractivity contribution is -0.131. The van der Waals surface area contributed by atoms with Gasteiger partial charge in [-0.2, -0.15) is 0 Å². The van der Waals surface area contributed by atoms with Crippen molar-refractivity contribution < 1.29 is 4.79 Å². The zero-order valence-electron chi connectivity index (χ0n) is 11.8. The number of hydrogen-bond acceptors (Lipinski definition) is 3. The molecule has 0 aromatic rings. The van der Waals surface area contributed by atoms with Crippen LogP contribution in [0, 0.1) is 0 Å². The molecule has 2 rings (SSSR count). The second-order valence-electron chi connectivity index (χ2n) is 5.57. The zero-order chi connectivity index (χ0) is 13.0. The first-order valence-corrected chi connectivity index (χ1v) is 7.48. The number of nitrogens with one attached hydrogen (secondary N) is 1. The molecule has 1 atom stereocenters. The van der Waals surface area contributed by atoms with E-state index in [4.69, 9.17) is 0 Å². The number of carbonyl (C=O) groups is 1. The smallest absolute Gasteiger partial charge is 0.239 e. The topological polar surface area (TPSA) is 35.6 Å². The Kier molecular flexibility index (Phi) is 5.01. The van der Waals surface area contributed by atoms with Crippen LogP contribution in [0.15, 0.2) is 0 Å². The van der Waals surface area contributed by atoms with Crippen LogP contribution in [0.25, 0.3) is 0 Å². The van der Waals surface area contributed by atoms with Crippen molar-refractivity contribution in [2.45, 2.75) is 51.6 Å². The molecule has 0 bridgehead atoms. The number of rotatable bonds is 7. The Labute approximate surface area is 111 Å². The van der Waals surface area contributed by atoms with Crippen molar-refractivity contribution >= 4 is 5.91 Å². The fraction of sp³-hybridized carbons (Fsp3) is 0.929. The lowest BCUT2D eigenvalue weighted by Gasteiger charge is -2.24. The van der Waals surface area contributed by atoms with Gasteiger partial charge in [0.1, 0.15) is 0 Å². The third-order valence-corrected chi connectivity index (χ3v) is 4.11. The standard InChI is InChI=1S/C14H27N3O/c1-3-16(13-6-7-13)11-8-15-12(2)14(18)17-9-4-5-10-17/h12-13,15H,3-11H2,1-2H3. The molecule has 4 nitrogen and oxygen atoms in total. The normalized spacial score (nSPS) is 21.6. The molecule has 1 aliphatic heterocycles.